The van der Waals surface area contributed by atoms with Crippen molar-refractivity contribution in [3.8, 4) is 0 Å². The molecule has 4 nitrogen and oxygen atoms in total. The quantitative estimate of drug-likeness (QED) is 0.799. The van der Waals surface area contributed by atoms with Gasteiger partial charge in [-0.25, -0.2) is 8.42 Å². The van der Waals surface area contributed by atoms with E-state index >= 15 is 0 Å². The predicted molar refractivity (Wildman–Crippen MR) is 72.1 cm³/mol. The molecule has 0 spiro atoms. The molecular formula is C12H26N2O2S. The van der Waals surface area contributed by atoms with Crippen LogP contribution >= 0.6 is 0 Å². The number of nitrogens with one attached hydrogen (secondary N) is 1. The molecule has 0 amide bonds. The molecule has 0 aromatic heterocycles. The fraction of sp³-hybridized carbons (Fsp3) is 1.00. The number of rotatable bonds is 5. The van der Waals surface area contributed by atoms with Crippen molar-refractivity contribution in [1.29, 1.82) is 0 Å². The van der Waals surface area contributed by atoms with Gasteiger partial charge in [0.15, 0.2) is 9.84 Å². The van der Waals surface area contributed by atoms with E-state index in [1.54, 1.807) is 13.8 Å². The maximum atomic E-state index is 11.8. The first kappa shape index (κ1) is 14.9. The Bertz CT molecular complexity index is 340. The minimum Gasteiger partial charge on any atom is -0.314 e. The van der Waals surface area contributed by atoms with Crippen molar-refractivity contribution in [2.24, 2.45) is 0 Å². The second-order valence-corrected chi connectivity index (χ2v) is 8.11. The fourth-order valence-corrected chi connectivity index (χ4v) is 3.10. The normalized spacial score (nSPS) is 27.6. The van der Waals surface area contributed by atoms with Crippen molar-refractivity contribution in [1.82, 2.24) is 10.2 Å². The third-order valence-corrected chi connectivity index (χ3v) is 6.14. The van der Waals surface area contributed by atoms with Crippen LogP contribution in [0.15, 0.2) is 0 Å². The lowest BCUT2D eigenvalue weighted by Gasteiger charge is -2.45. The molecule has 1 heterocycles. The van der Waals surface area contributed by atoms with Crippen molar-refractivity contribution in [2.75, 3.05) is 31.9 Å². The zero-order chi connectivity index (χ0) is 13.1. The molecule has 0 aromatic carbocycles. The van der Waals surface area contributed by atoms with Gasteiger partial charge in [0.25, 0.3) is 0 Å². The Balaban J connectivity index is 2.61. The van der Waals surface area contributed by atoms with Crippen LogP contribution < -0.4 is 5.32 Å². The van der Waals surface area contributed by atoms with Crippen LogP contribution in [0.1, 0.15) is 34.1 Å². The molecule has 0 radical (unpaired) electrons. The van der Waals surface area contributed by atoms with Gasteiger partial charge < -0.3 is 5.32 Å². The van der Waals surface area contributed by atoms with Crippen LogP contribution in [-0.2, 0) is 9.84 Å². The van der Waals surface area contributed by atoms with E-state index < -0.39 is 9.84 Å². The highest BCUT2D eigenvalue weighted by atomic mass is 32.2. The van der Waals surface area contributed by atoms with E-state index in [4.69, 9.17) is 0 Å². The molecule has 1 atom stereocenters. The minimum atomic E-state index is -2.92. The van der Waals surface area contributed by atoms with Gasteiger partial charge in [0.2, 0.25) is 0 Å². The highest BCUT2D eigenvalue weighted by Gasteiger charge is 2.33. The van der Waals surface area contributed by atoms with E-state index in [9.17, 15) is 8.42 Å². The molecule has 102 valence electrons. The molecule has 5 heteroatoms. The van der Waals surface area contributed by atoms with Gasteiger partial charge in [0.1, 0.15) is 0 Å². The number of piperazine rings is 1. The van der Waals surface area contributed by atoms with Gasteiger partial charge in [-0.05, 0) is 27.2 Å². The number of nitrogens with zero attached hydrogens (tertiary/aromatic N) is 1. The molecule has 1 fully saturated rings. The molecule has 1 rings (SSSR count). The second kappa shape index (κ2) is 5.67. The van der Waals surface area contributed by atoms with Crippen molar-refractivity contribution in [3.63, 3.8) is 0 Å². The summed E-state index contributed by atoms with van der Waals surface area (Å²) in [6.07, 6.45) is 1.04. The summed E-state index contributed by atoms with van der Waals surface area (Å²) in [5.74, 6) is 0.278. The molecule has 0 saturated carbocycles. The van der Waals surface area contributed by atoms with Crippen molar-refractivity contribution in [2.45, 2.75) is 44.9 Å². The van der Waals surface area contributed by atoms with Crippen LogP contribution in [0.2, 0.25) is 0 Å². The first-order valence-corrected chi connectivity index (χ1v) is 8.21. The Kier molecular flexibility index (Phi) is 4.98. The van der Waals surface area contributed by atoms with E-state index in [1.807, 2.05) is 0 Å². The lowest BCUT2D eigenvalue weighted by Crippen LogP contribution is -2.60. The fourth-order valence-electron chi connectivity index (χ4n) is 2.16. The summed E-state index contributed by atoms with van der Waals surface area (Å²) in [5.41, 5.74) is 0.102. The minimum absolute atomic E-state index is 0.102. The first-order chi connectivity index (χ1) is 7.82. The zero-order valence-corrected chi connectivity index (χ0v) is 12.3. The molecule has 0 bridgehead atoms. The Morgan fingerprint density at radius 2 is 2.06 bits per heavy atom. The smallest absolute Gasteiger partial charge is 0.153 e. The van der Waals surface area contributed by atoms with E-state index in [0.29, 0.717) is 6.54 Å². The molecular weight excluding hydrogens is 236 g/mol. The number of sulfone groups is 1. The van der Waals surface area contributed by atoms with E-state index in [1.165, 1.54) is 0 Å². The summed E-state index contributed by atoms with van der Waals surface area (Å²) in [6, 6.07) is 0. The second-order valence-electron chi connectivity index (χ2n) is 5.43. The SMILES string of the molecule is CCC1(C)CNCCN1CCS(=O)(=O)C(C)C. The largest absolute Gasteiger partial charge is 0.314 e. The van der Waals surface area contributed by atoms with Gasteiger partial charge in [-0.15, -0.1) is 0 Å². The van der Waals surface area contributed by atoms with Crippen molar-refractivity contribution >= 4 is 9.84 Å². The average molecular weight is 262 g/mol. The van der Waals surface area contributed by atoms with E-state index in [0.717, 1.165) is 26.1 Å². The van der Waals surface area contributed by atoms with Crippen LogP contribution in [-0.4, -0.2) is 56.0 Å². The molecule has 0 aromatic rings. The van der Waals surface area contributed by atoms with E-state index in [-0.39, 0.29) is 16.5 Å². The lowest BCUT2D eigenvalue weighted by atomic mass is 9.94. The summed E-state index contributed by atoms with van der Waals surface area (Å²) in [6.45, 7) is 11.4. The highest BCUT2D eigenvalue weighted by molar-refractivity contribution is 7.92. The van der Waals surface area contributed by atoms with Crippen LogP contribution in [0.25, 0.3) is 0 Å². The van der Waals surface area contributed by atoms with Crippen LogP contribution in [0.5, 0.6) is 0 Å². The topological polar surface area (TPSA) is 49.4 Å². The number of hydrogen-bond acceptors (Lipinski definition) is 4. The molecule has 1 unspecified atom stereocenters. The van der Waals surface area contributed by atoms with Gasteiger partial charge in [0.05, 0.1) is 11.0 Å². The molecule has 1 aliphatic rings. The lowest BCUT2D eigenvalue weighted by molar-refractivity contribution is 0.0782. The summed E-state index contributed by atoms with van der Waals surface area (Å²) in [7, 11) is -2.92. The Morgan fingerprint density at radius 3 is 2.59 bits per heavy atom. The maximum Gasteiger partial charge on any atom is 0.153 e. The summed E-state index contributed by atoms with van der Waals surface area (Å²) >= 11 is 0. The zero-order valence-electron chi connectivity index (χ0n) is 11.5. The summed E-state index contributed by atoms with van der Waals surface area (Å²) in [4.78, 5) is 2.32. The van der Waals surface area contributed by atoms with E-state index in [2.05, 4.69) is 24.1 Å². The van der Waals surface area contributed by atoms with Gasteiger partial charge in [-0.3, -0.25) is 4.90 Å². The van der Waals surface area contributed by atoms with Crippen LogP contribution in [0, 0.1) is 0 Å². The molecule has 0 aliphatic carbocycles. The van der Waals surface area contributed by atoms with Crippen molar-refractivity contribution in [3.05, 3.63) is 0 Å². The Morgan fingerprint density at radius 1 is 1.41 bits per heavy atom. The number of hydrogen-bond donors (Lipinski definition) is 1. The molecule has 1 aliphatic heterocycles. The van der Waals surface area contributed by atoms with Gasteiger partial charge in [-0.2, -0.15) is 0 Å². The van der Waals surface area contributed by atoms with Crippen LogP contribution in [0.4, 0.5) is 0 Å². The standard InChI is InChI=1S/C12H26N2O2S/c1-5-12(4)10-13-6-7-14(12)8-9-17(15,16)11(2)3/h11,13H,5-10H2,1-4H3. The van der Waals surface area contributed by atoms with Crippen molar-refractivity contribution < 1.29 is 8.42 Å². The summed E-state index contributed by atoms with van der Waals surface area (Å²) in [5, 5.41) is 3.12. The molecule has 1 saturated heterocycles. The molecule has 1 N–H and O–H groups in total. The van der Waals surface area contributed by atoms with Gasteiger partial charge in [-0.1, -0.05) is 6.92 Å². The maximum absolute atomic E-state index is 11.8. The third kappa shape index (κ3) is 3.66. The molecule has 17 heavy (non-hydrogen) atoms. The van der Waals surface area contributed by atoms with Gasteiger partial charge >= 0.3 is 0 Å². The van der Waals surface area contributed by atoms with Crippen LogP contribution in [0.3, 0.4) is 0 Å². The first-order valence-electron chi connectivity index (χ1n) is 6.49. The predicted octanol–water partition coefficient (Wildman–Crippen LogP) is 0.884. The third-order valence-electron chi connectivity index (χ3n) is 3.95. The average Bonchev–Trinajstić information content (AvgIpc) is 2.28. The Labute approximate surface area is 106 Å². The monoisotopic (exact) mass is 262 g/mol. The highest BCUT2D eigenvalue weighted by Crippen LogP contribution is 2.21. The summed E-state index contributed by atoms with van der Waals surface area (Å²) < 4.78 is 23.7. The van der Waals surface area contributed by atoms with Gasteiger partial charge in [0, 0.05) is 31.7 Å². The Hall–Kier alpha value is -0.130.